The van der Waals surface area contributed by atoms with Crippen molar-refractivity contribution in [1.29, 1.82) is 0 Å². The summed E-state index contributed by atoms with van der Waals surface area (Å²) in [5.74, 6) is 2.73. The van der Waals surface area contributed by atoms with Crippen molar-refractivity contribution >= 4 is 11.8 Å². The van der Waals surface area contributed by atoms with Crippen LogP contribution in [0.2, 0.25) is 0 Å². The van der Waals surface area contributed by atoms with Crippen molar-refractivity contribution in [3.8, 4) is 5.75 Å². The second-order valence-electron chi connectivity index (χ2n) is 5.51. The van der Waals surface area contributed by atoms with Gasteiger partial charge in [0.1, 0.15) is 11.4 Å². The van der Waals surface area contributed by atoms with Gasteiger partial charge in [-0.25, -0.2) is 0 Å². The van der Waals surface area contributed by atoms with E-state index in [0.29, 0.717) is 6.61 Å². The van der Waals surface area contributed by atoms with Gasteiger partial charge < -0.3 is 9.84 Å². The molecule has 18 heavy (non-hydrogen) atoms. The van der Waals surface area contributed by atoms with Crippen molar-refractivity contribution in [2.45, 2.75) is 32.8 Å². The third-order valence-electron chi connectivity index (χ3n) is 3.92. The first-order chi connectivity index (χ1) is 8.49. The highest BCUT2D eigenvalue weighted by Crippen LogP contribution is 2.48. The smallest absolute Gasteiger partial charge is 0.119 e. The summed E-state index contributed by atoms with van der Waals surface area (Å²) in [7, 11) is 0. The molecule has 1 aromatic rings. The van der Waals surface area contributed by atoms with E-state index < -0.39 is 5.60 Å². The van der Waals surface area contributed by atoms with Crippen LogP contribution in [-0.2, 0) is 5.60 Å². The van der Waals surface area contributed by atoms with E-state index in [-0.39, 0.29) is 5.41 Å². The fourth-order valence-corrected chi connectivity index (χ4v) is 4.09. The molecule has 3 heteroatoms. The lowest BCUT2D eigenvalue weighted by molar-refractivity contribution is -0.0580. The first kappa shape index (κ1) is 13.8. The van der Waals surface area contributed by atoms with Crippen LogP contribution in [0.15, 0.2) is 24.3 Å². The SMILES string of the molecule is CCOc1cccc(C2(O)CSCCC2(C)C)c1. The molecule has 1 heterocycles. The molecule has 2 nitrogen and oxygen atoms in total. The van der Waals surface area contributed by atoms with E-state index in [4.69, 9.17) is 4.74 Å². The van der Waals surface area contributed by atoms with Gasteiger partial charge in [-0.1, -0.05) is 26.0 Å². The Hall–Kier alpha value is -0.670. The Morgan fingerprint density at radius 3 is 2.83 bits per heavy atom. The Bertz CT molecular complexity index is 417. The van der Waals surface area contributed by atoms with E-state index in [9.17, 15) is 5.11 Å². The minimum atomic E-state index is -0.761. The molecule has 0 spiro atoms. The predicted molar refractivity (Wildman–Crippen MR) is 77.2 cm³/mol. The quantitative estimate of drug-likeness (QED) is 0.909. The average molecular weight is 266 g/mol. The zero-order valence-corrected chi connectivity index (χ0v) is 12.2. The number of rotatable bonds is 3. The monoisotopic (exact) mass is 266 g/mol. The Kier molecular flexibility index (Phi) is 3.93. The minimum Gasteiger partial charge on any atom is -0.494 e. The fraction of sp³-hybridized carbons (Fsp3) is 0.600. The summed E-state index contributed by atoms with van der Waals surface area (Å²) in [4.78, 5) is 0. The van der Waals surface area contributed by atoms with Gasteiger partial charge in [-0.15, -0.1) is 0 Å². The van der Waals surface area contributed by atoms with Crippen LogP contribution in [0.5, 0.6) is 5.75 Å². The normalized spacial score (nSPS) is 26.9. The van der Waals surface area contributed by atoms with E-state index >= 15 is 0 Å². The van der Waals surface area contributed by atoms with Gasteiger partial charge >= 0.3 is 0 Å². The van der Waals surface area contributed by atoms with Crippen molar-refractivity contribution in [1.82, 2.24) is 0 Å². The van der Waals surface area contributed by atoms with Crippen molar-refractivity contribution in [2.24, 2.45) is 5.41 Å². The maximum Gasteiger partial charge on any atom is 0.119 e. The van der Waals surface area contributed by atoms with E-state index in [1.54, 1.807) is 0 Å². The second-order valence-corrected chi connectivity index (χ2v) is 6.61. The van der Waals surface area contributed by atoms with Gasteiger partial charge in [0, 0.05) is 5.75 Å². The zero-order chi connectivity index (χ0) is 13.2. The van der Waals surface area contributed by atoms with Gasteiger partial charge in [-0.05, 0) is 42.2 Å². The van der Waals surface area contributed by atoms with Crippen LogP contribution in [0, 0.1) is 5.41 Å². The Labute approximate surface area is 114 Å². The zero-order valence-electron chi connectivity index (χ0n) is 11.4. The van der Waals surface area contributed by atoms with E-state index in [2.05, 4.69) is 13.8 Å². The molecule has 1 atom stereocenters. The number of hydrogen-bond acceptors (Lipinski definition) is 3. The number of benzene rings is 1. The minimum absolute atomic E-state index is 0.0942. The lowest BCUT2D eigenvalue weighted by Crippen LogP contribution is -2.47. The molecular weight excluding hydrogens is 244 g/mol. The van der Waals surface area contributed by atoms with Crippen LogP contribution in [0.1, 0.15) is 32.8 Å². The van der Waals surface area contributed by atoms with Crippen molar-refractivity contribution < 1.29 is 9.84 Å². The molecule has 100 valence electrons. The number of aliphatic hydroxyl groups is 1. The van der Waals surface area contributed by atoms with Crippen LogP contribution < -0.4 is 4.74 Å². The maximum absolute atomic E-state index is 11.1. The van der Waals surface area contributed by atoms with Gasteiger partial charge in [-0.2, -0.15) is 11.8 Å². The molecule has 1 aliphatic rings. The highest BCUT2D eigenvalue weighted by Gasteiger charge is 2.46. The Balaban J connectivity index is 2.36. The number of thioether (sulfide) groups is 1. The largest absolute Gasteiger partial charge is 0.494 e. The van der Waals surface area contributed by atoms with Crippen LogP contribution in [0.25, 0.3) is 0 Å². The fourth-order valence-electron chi connectivity index (χ4n) is 2.43. The van der Waals surface area contributed by atoms with Crippen LogP contribution in [0.3, 0.4) is 0 Å². The van der Waals surface area contributed by atoms with Crippen molar-refractivity contribution in [3.63, 3.8) is 0 Å². The van der Waals surface area contributed by atoms with Gasteiger partial charge in [-0.3, -0.25) is 0 Å². The predicted octanol–water partition coefficient (Wildman–Crippen LogP) is 3.44. The molecule has 2 rings (SSSR count). The molecule has 1 saturated heterocycles. The second kappa shape index (κ2) is 5.14. The molecule has 0 aliphatic carbocycles. The molecule has 0 amide bonds. The molecule has 0 bridgehead atoms. The van der Waals surface area contributed by atoms with E-state index in [0.717, 1.165) is 29.2 Å². The molecule has 1 fully saturated rings. The molecule has 1 aliphatic heterocycles. The van der Waals surface area contributed by atoms with Crippen molar-refractivity contribution in [3.05, 3.63) is 29.8 Å². The maximum atomic E-state index is 11.1. The Morgan fingerprint density at radius 2 is 2.17 bits per heavy atom. The highest BCUT2D eigenvalue weighted by molar-refractivity contribution is 7.99. The standard InChI is InChI=1S/C15H22O2S/c1-4-17-13-7-5-6-12(10-13)15(16)11-18-9-8-14(15,2)3/h5-7,10,16H,4,8-9,11H2,1-3H3. The third kappa shape index (κ3) is 2.39. The van der Waals surface area contributed by atoms with Gasteiger partial charge in [0.05, 0.1) is 6.61 Å². The summed E-state index contributed by atoms with van der Waals surface area (Å²) in [6.45, 7) is 6.93. The molecule has 1 unspecified atom stereocenters. The van der Waals surface area contributed by atoms with Gasteiger partial charge in [0.2, 0.25) is 0 Å². The number of hydrogen-bond donors (Lipinski definition) is 1. The average Bonchev–Trinajstić information content (AvgIpc) is 2.34. The lowest BCUT2D eigenvalue weighted by atomic mass is 9.70. The molecule has 1 aromatic carbocycles. The summed E-state index contributed by atoms with van der Waals surface area (Å²) < 4.78 is 5.53. The molecule has 0 aromatic heterocycles. The van der Waals surface area contributed by atoms with Crippen LogP contribution in [0.4, 0.5) is 0 Å². The highest BCUT2D eigenvalue weighted by atomic mass is 32.2. The Morgan fingerprint density at radius 1 is 1.39 bits per heavy atom. The third-order valence-corrected chi connectivity index (χ3v) is 5.04. The molecule has 1 N–H and O–H groups in total. The molecular formula is C15H22O2S. The summed E-state index contributed by atoms with van der Waals surface area (Å²) in [6.07, 6.45) is 1.03. The van der Waals surface area contributed by atoms with Crippen LogP contribution >= 0.6 is 11.8 Å². The summed E-state index contributed by atoms with van der Waals surface area (Å²) in [5.41, 5.74) is 0.122. The molecule has 0 saturated carbocycles. The van der Waals surface area contributed by atoms with Gasteiger partial charge in [0.15, 0.2) is 0 Å². The first-order valence-corrected chi connectivity index (χ1v) is 7.68. The van der Waals surface area contributed by atoms with Crippen LogP contribution in [-0.4, -0.2) is 23.2 Å². The van der Waals surface area contributed by atoms with Gasteiger partial charge in [0.25, 0.3) is 0 Å². The summed E-state index contributed by atoms with van der Waals surface area (Å²) in [5, 5.41) is 11.1. The first-order valence-electron chi connectivity index (χ1n) is 6.53. The summed E-state index contributed by atoms with van der Waals surface area (Å²) >= 11 is 1.83. The van der Waals surface area contributed by atoms with E-state index in [1.165, 1.54) is 0 Å². The molecule has 0 radical (unpaired) electrons. The van der Waals surface area contributed by atoms with E-state index in [1.807, 2.05) is 43.0 Å². The topological polar surface area (TPSA) is 29.5 Å². The van der Waals surface area contributed by atoms with Crippen molar-refractivity contribution in [2.75, 3.05) is 18.1 Å². The summed E-state index contributed by atoms with van der Waals surface area (Å²) in [6, 6.07) is 7.90. The number of ether oxygens (including phenoxy) is 1. The lowest BCUT2D eigenvalue weighted by Gasteiger charge is -2.46.